The number of para-hydroxylation sites is 1. The van der Waals surface area contributed by atoms with E-state index in [2.05, 4.69) is 228 Å². The van der Waals surface area contributed by atoms with Crippen LogP contribution in [0.15, 0.2) is 222 Å². The van der Waals surface area contributed by atoms with Crippen LogP contribution in [0.5, 0.6) is 0 Å². The molecule has 1 N–H and O–H groups in total. The van der Waals surface area contributed by atoms with Crippen molar-refractivity contribution in [2.75, 3.05) is 9.80 Å². The van der Waals surface area contributed by atoms with Crippen LogP contribution in [0.25, 0.3) is 49.2 Å². The van der Waals surface area contributed by atoms with Gasteiger partial charge in [0.25, 0.3) is 0 Å². The van der Waals surface area contributed by atoms with E-state index in [1.807, 2.05) is 0 Å². The van der Waals surface area contributed by atoms with Gasteiger partial charge in [-0.05, 0) is 122 Å². The van der Waals surface area contributed by atoms with Crippen molar-refractivity contribution in [2.24, 2.45) is 9.98 Å². The Morgan fingerprint density at radius 2 is 1.31 bits per heavy atom. The van der Waals surface area contributed by atoms with E-state index in [0.29, 0.717) is 0 Å². The van der Waals surface area contributed by atoms with E-state index >= 15 is 0 Å². The molecule has 334 valence electrons. The van der Waals surface area contributed by atoms with E-state index in [1.54, 1.807) is 0 Å². The summed E-state index contributed by atoms with van der Waals surface area (Å²) in [5.74, 6) is 2.11. The molecule has 70 heavy (non-hydrogen) atoms. The maximum Gasteiger partial charge on any atom is 0.159 e. The Kier molecular flexibility index (Phi) is 8.86. The highest BCUT2D eigenvalue weighted by molar-refractivity contribution is 6.16. The molecule has 5 unspecified atom stereocenters. The Morgan fingerprint density at radius 3 is 2.23 bits per heavy atom. The van der Waals surface area contributed by atoms with Gasteiger partial charge in [-0.15, -0.1) is 0 Å². The number of anilines is 4. The summed E-state index contributed by atoms with van der Waals surface area (Å²) in [7, 11) is 0. The standard InChI is InChI=1S/C65H49N5/c1-2-16-44(17-3-1)63-66-64(68-65(67-63)47-31-29-43-28-27-41-14-4-7-19-50(41)56(43)38-47)46-30-26-40-32-34-49(37-48(40)36-46)69-58-25-13-11-23-55(58)60-59(69)39-45-18-6-9-21-52(45)62(60)70-57-24-12-10-22-53(57)54-35-33-42-15-5-8-20-51(42)61(54)70/h2,4-12,14-24,26-39,54-55,58,61,64H,1,3,13,25H2,(H,66,67,68). The van der Waals surface area contributed by atoms with Crippen molar-refractivity contribution in [3.8, 4) is 0 Å². The molecule has 5 heteroatoms. The topological polar surface area (TPSA) is 43.2 Å². The molecule has 5 atom stereocenters. The molecular formula is C65H49N5. The van der Waals surface area contributed by atoms with Crippen LogP contribution in [0.2, 0.25) is 0 Å². The number of allylic oxidation sites excluding steroid dienone is 3. The molecule has 6 aliphatic rings. The predicted octanol–water partition coefficient (Wildman–Crippen LogP) is 16.0. The Balaban J connectivity index is 0.861. The first-order valence-corrected chi connectivity index (χ1v) is 25.1. The van der Waals surface area contributed by atoms with Gasteiger partial charge in [-0.1, -0.05) is 176 Å². The minimum atomic E-state index is -0.323. The van der Waals surface area contributed by atoms with E-state index in [1.165, 1.54) is 88.1 Å². The van der Waals surface area contributed by atoms with Gasteiger partial charge in [-0.25, -0.2) is 9.98 Å². The molecule has 15 rings (SSSR count). The van der Waals surface area contributed by atoms with E-state index < -0.39 is 0 Å². The molecule has 9 aromatic rings. The Morgan fingerprint density at radius 1 is 0.529 bits per heavy atom. The molecule has 0 radical (unpaired) electrons. The SMILES string of the molecule is C1=CC(C2=NC(c3ccc4ccc(N5c6cc7ccccc7c(N7c8ccccc8C8C=Cc9ccccc9C87)c6C6C=CCCC65)cc4c3)NC(c3ccc4ccc5ccccc5c4c3)=N2)=CCC1. The first-order valence-electron chi connectivity index (χ1n) is 25.1. The van der Waals surface area contributed by atoms with Crippen molar-refractivity contribution in [3.05, 3.63) is 245 Å². The minimum absolute atomic E-state index is 0.154. The molecule has 0 saturated carbocycles. The molecular weight excluding hydrogens is 851 g/mol. The third-order valence-corrected chi connectivity index (χ3v) is 16.0. The van der Waals surface area contributed by atoms with Gasteiger partial charge in [0, 0.05) is 57.0 Å². The monoisotopic (exact) mass is 899 g/mol. The summed E-state index contributed by atoms with van der Waals surface area (Å²) < 4.78 is 0. The fraction of sp³-hybridized carbons (Fsp3) is 0.138. The molecule has 3 heterocycles. The van der Waals surface area contributed by atoms with Gasteiger partial charge in [0.1, 0.15) is 12.0 Å². The summed E-state index contributed by atoms with van der Waals surface area (Å²) in [6, 6.07) is 64.0. The predicted molar refractivity (Wildman–Crippen MR) is 292 cm³/mol. The molecule has 0 aromatic heterocycles. The van der Waals surface area contributed by atoms with Gasteiger partial charge in [0.15, 0.2) is 5.84 Å². The summed E-state index contributed by atoms with van der Waals surface area (Å²) in [5.41, 5.74) is 14.0. The fourth-order valence-corrected chi connectivity index (χ4v) is 12.8. The average molecular weight is 900 g/mol. The second kappa shape index (κ2) is 15.6. The molecule has 0 bridgehead atoms. The van der Waals surface area contributed by atoms with Crippen molar-refractivity contribution in [2.45, 2.75) is 55.8 Å². The zero-order valence-corrected chi connectivity index (χ0v) is 38.7. The van der Waals surface area contributed by atoms with Gasteiger partial charge < -0.3 is 15.1 Å². The van der Waals surface area contributed by atoms with Gasteiger partial charge in [-0.3, -0.25) is 0 Å². The van der Waals surface area contributed by atoms with Gasteiger partial charge >= 0.3 is 0 Å². The first-order chi connectivity index (χ1) is 34.7. The van der Waals surface area contributed by atoms with E-state index in [9.17, 15) is 0 Å². The lowest BCUT2D eigenvalue weighted by Crippen LogP contribution is -2.33. The van der Waals surface area contributed by atoms with E-state index in [4.69, 9.17) is 9.98 Å². The molecule has 0 saturated heterocycles. The fourth-order valence-electron chi connectivity index (χ4n) is 12.8. The Labute approximate surface area is 407 Å². The lowest BCUT2D eigenvalue weighted by molar-refractivity contribution is 0.564. The number of benzene rings is 9. The third-order valence-electron chi connectivity index (χ3n) is 16.0. The molecule has 5 nitrogen and oxygen atoms in total. The number of aliphatic imine (C=N–C) groups is 2. The quantitative estimate of drug-likeness (QED) is 0.138. The first kappa shape index (κ1) is 39.7. The highest BCUT2D eigenvalue weighted by Crippen LogP contribution is 2.62. The maximum atomic E-state index is 5.36. The smallest absolute Gasteiger partial charge is 0.159 e. The number of hydrogen-bond acceptors (Lipinski definition) is 5. The minimum Gasteiger partial charge on any atom is -0.344 e. The average Bonchev–Trinajstić information content (AvgIpc) is 3.95. The van der Waals surface area contributed by atoms with Gasteiger partial charge in [0.2, 0.25) is 0 Å². The molecule has 0 amide bonds. The van der Waals surface area contributed by atoms with Crippen molar-refractivity contribution < 1.29 is 0 Å². The van der Waals surface area contributed by atoms with Crippen LogP contribution in [-0.4, -0.2) is 17.7 Å². The number of rotatable bonds is 5. The molecule has 0 spiro atoms. The highest BCUT2D eigenvalue weighted by Gasteiger charge is 2.47. The van der Waals surface area contributed by atoms with Crippen molar-refractivity contribution in [3.63, 3.8) is 0 Å². The molecule has 3 aliphatic heterocycles. The second-order valence-corrected chi connectivity index (χ2v) is 19.8. The number of hydrogen-bond donors (Lipinski definition) is 1. The summed E-state index contributed by atoms with van der Waals surface area (Å²) >= 11 is 0. The van der Waals surface area contributed by atoms with Crippen LogP contribution in [-0.2, 0) is 0 Å². The zero-order valence-electron chi connectivity index (χ0n) is 38.7. The van der Waals surface area contributed by atoms with Crippen LogP contribution in [0.3, 0.4) is 0 Å². The van der Waals surface area contributed by atoms with Crippen LogP contribution in [0, 0.1) is 0 Å². The molecule has 3 aliphatic carbocycles. The lowest BCUT2D eigenvalue weighted by atomic mass is 9.82. The lowest BCUT2D eigenvalue weighted by Gasteiger charge is -2.36. The van der Waals surface area contributed by atoms with Crippen molar-refractivity contribution in [1.82, 2.24) is 5.32 Å². The summed E-state index contributed by atoms with van der Waals surface area (Å²) in [6.07, 6.45) is 20.3. The van der Waals surface area contributed by atoms with E-state index in [0.717, 1.165) is 54.1 Å². The molecule has 0 fully saturated rings. The van der Waals surface area contributed by atoms with Crippen LogP contribution >= 0.6 is 0 Å². The summed E-state index contributed by atoms with van der Waals surface area (Å²) in [6.45, 7) is 0. The third kappa shape index (κ3) is 6.10. The number of fused-ring (bicyclic) bond motifs is 13. The highest BCUT2D eigenvalue weighted by atomic mass is 15.2. The second-order valence-electron chi connectivity index (χ2n) is 19.8. The Hall–Kier alpha value is -8.28. The van der Waals surface area contributed by atoms with Crippen LogP contribution in [0.4, 0.5) is 22.7 Å². The molecule has 9 aromatic carbocycles. The normalized spacial score (nSPS) is 21.8. The van der Waals surface area contributed by atoms with E-state index in [-0.39, 0.29) is 30.1 Å². The number of nitrogens with one attached hydrogen (secondary N) is 1. The maximum absolute atomic E-state index is 5.36. The largest absolute Gasteiger partial charge is 0.344 e. The number of nitrogens with zero attached hydrogens (tertiary/aromatic N) is 4. The van der Waals surface area contributed by atoms with Gasteiger partial charge in [0.05, 0.1) is 11.7 Å². The van der Waals surface area contributed by atoms with Gasteiger partial charge in [-0.2, -0.15) is 0 Å². The van der Waals surface area contributed by atoms with Crippen molar-refractivity contribution in [1.29, 1.82) is 0 Å². The zero-order chi connectivity index (χ0) is 45.9. The summed E-state index contributed by atoms with van der Waals surface area (Å²) in [5, 5.41) is 13.7. The number of amidine groups is 2. The van der Waals surface area contributed by atoms with Crippen LogP contribution in [0.1, 0.15) is 83.1 Å². The Bertz CT molecular complexity index is 3890. The van der Waals surface area contributed by atoms with Crippen molar-refractivity contribution >= 4 is 83.6 Å². The summed E-state index contributed by atoms with van der Waals surface area (Å²) in [4.78, 5) is 16.0. The van der Waals surface area contributed by atoms with Crippen LogP contribution < -0.4 is 15.1 Å².